The zero-order valence-corrected chi connectivity index (χ0v) is 26.9. The second kappa shape index (κ2) is 17.4. The number of hydrogen-bond donors (Lipinski definition) is 7. The Morgan fingerprint density at radius 3 is 1.78 bits per heavy atom. The first-order valence-electron chi connectivity index (χ1n) is 14.8. The Balaban J connectivity index is 2.85. The molecule has 45 heavy (non-hydrogen) atoms. The van der Waals surface area contributed by atoms with E-state index in [4.69, 9.17) is 19.9 Å². The number of carboxylic acid groups (broad SMARTS) is 1. The Bertz CT molecular complexity index is 1090. The van der Waals surface area contributed by atoms with Gasteiger partial charge in [-0.1, -0.05) is 13.3 Å². The van der Waals surface area contributed by atoms with Crippen molar-refractivity contribution >= 4 is 41.8 Å². The molecule has 1 rings (SSSR count). The molecule has 0 spiro atoms. The number of rotatable bonds is 17. The van der Waals surface area contributed by atoms with Crippen LogP contribution in [0.15, 0.2) is 0 Å². The van der Waals surface area contributed by atoms with E-state index in [9.17, 15) is 38.7 Å². The van der Waals surface area contributed by atoms with Gasteiger partial charge in [-0.05, 0) is 67.2 Å². The number of unbranched alkanes of at least 4 members (excludes halogenated alkanes) is 1. The van der Waals surface area contributed by atoms with Crippen LogP contribution < -0.4 is 32.3 Å². The van der Waals surface area contributed by atoms with E-state index >= 15 is 0 Å². The summed E-state index contributed by atoms with van der Waals surface area (Å²) in [4.78, 5) is 85.7. The lowest BCUT2D eigenvalue weighted by Crippen LogP contribution is -2.57. The second-order valence-electron chi connectivity index (χ2n) is 12.5. The number of carboxylic acids is 1. The largest absolute Gasteiger partial charge is 0.480 e. The van der Waals surface area contributed by atoms with E-state index in [0.29, 0.717) is 19.3 Å². The molecule has 1 saturated heterocycles. The minimum absolute atomic E-state index is 0.126. The summed E-state index contributed by atoms with van der Waals surface area (Å²) in [7, 11) is 0. The summed E-state index contributed by atoms with van der Waals surface area (Å²) in [5, 5.41) is 21.8. The number of carbonyl (C=O) groups is 7. The van der Waals surface area contributed by atoms with Crippen LogP contribution in [0.1, 0.15) is 80.6 Å². The molecule has 1 heterocycles. The Morgan fingerprint density at radius 1 is 0.756 bits per heavy atom. The number of aliphatic carboxylic acids is 1. The van der Waals surface area contributed by atoms with Crippen LogP contribution in [0.2, 0.25) is 0 Å². The average molecular weight is 645 g/mol. The third kappa shape index (κ3) is 15.9. The number of carbonyl (C=O) groups excluding carboxylic acids is 6. The molecule has 1 fully saturated rings. The van der Waals surface area contributed by atoms with Gasteiger partial charge in [0.2, 0.25) is 17.7 Å². The van der Waals surface area contributed by atoms with Gasteiger partial charge in [0, 0.05) is 13.1 Å². The lowest BCUT2D eigenvalue weighted by Gasteiger charge is -2.26. The van der Waals surface area contributed by atoms with Crippen molar-refractivity contribution in [2.45, 2.75) is 122 Å². The van der Waals surface area contributed by atoms with Crippen LogP contribution in [0, 0.1) is 0 Å². The molecule has 256 valence electrons. The standard InChI is InChI=1S/C28H48N6O11/c1-8-11-15(21(36)33-17(24(39)40)14-31-23(38)19-18(43-19)20(29)35)32-22(37)16(34-26(42)45-28(5,6)7)12-9-10-13-30-25(41)44-27(2,3)4/h15-19H,8-14H2,1-7H3,(H2,29,35)(H,30,41)(H,31,38)(H,32,37)(H,33,36)(H,34,42)(H,39,40)/t15-,16-,17-,18?,19?/m0/s1. The van der Waals surface area contributed by atoms with E-state index in [2.05, 4.69) is 26.6 Å². The molecule has 2 unspecified atom stereocenters. The highest BCUT2D eigenvalue weighted by molar-refractivity contribution is 5.95. The van der Waals surface area contributed by atoms with Gasteiger partial charge in [-0.25, -0.2) is 14.4 Å². The zero-order chi connectivity index (χ0) is 34.5. The van der Waals surface area contributed by atoms with E-state index < -0.39 is 89.9 Å². The molecule has 5 atom stereocenters. The fourth-order valence-electron chi connectivity index (χ4n) is 3.83. The van der Waals surface area contributed by atoms with Crippen molar-refractivity contribution < 1.29 is 52.9 Å². The van der Waals surface area contributed by atoms with Crippen LogP contribution in [0.25, 0.3) is 0 Å². The fourth-order valence-corrected chi connectivity index (χ4v) is 3.83. The number of ether oxygens (including phenoxy) is 3. The highest BCUT2D eigenvalue weighted by Gasteiger charge is 2.49. The van der Waals surface area contributed by atoms with Gasteiger partial charge in [0.05, 0.1) is 0 Å². The molecule has 0 radical (unpaired) electrons. The number of alkyl carbamates (subject to hydrolysis) is 2. The van der Waals surface area contributed by atoms with Crippen LogP contribution in [0.4, 0.5) is 9.59 Å². The smallest absolute Gasteiger partial charge is 0.408 e. The van der Waals surface area contributed by atoms with Crippen molar-refractivity contribution in [1.29, 1.82) is 0 Å². The first kappa shape index (κ1) is 38.9. The van der Waals surface area contributed by atoms with Crippen molar-refractivity contribution in [2.24, 2.45) is 5.73 Å². The maximum absolute atomic E-state index is 13.3. The van der Waals surface area contributed by atoms with E-state index in [-0.39, 0.29) is 19.4 Å². The summed E-state index contributed by atoms with van der Waals surface area (Å²) in [6, 6.07) is -3.88. The zero-order valence-electron chi connectivity index (χ0n) is 26.9. The van der Waals surface area contributed by atoms with Crippen LogP contribution in [0.3, 0.4) is 0 Å². The number of epoxide rings is 1. The van der Waals surface area contributed by atoms with Gasteiger partial charge in [-0.15, -0.1) is 0 Å². The molecule has 0 saturated carbocycles. The number of nitrogens with one attached hydrogen (secondary N) is 5. The third-order valence-electron chi connectivity index (χ3n) is 5.93. The van der Waals surface area contributed by atoms with Gasteiger partial charge in [0.15, 0.2) is 12.2 Å². The number of nitrogens with two attached hydrogens (primary N) is 1. The molecule has 0 aromatic carbocycles. The van der Waals surface area contributed by atoms with Crippen LogP contribution in [-0.4, -0.2) is 102 Å². The molecule has 17 nitrogen and oxygen atoms in total. The quantitative estimate of drug-likeness (QED) is 0.0805. The Hall–Kier alpha value is -4.15. The SMILES string of the molecule is CCC[C@H](NC(=O)[C@H](CCCCNC(=O)OC(C)(C)C)NC(=O)OC(C)(C)C)C(=O)N[C@@H](CNC(=O)C1OC1C(N)=O)C(=O)O. The lowest BCUT2D eigenvalue weighted by atomic mass is 10.1. The molecular formula is C28H48N6O11. The summed E-state index contributed by atoms with van der Waals surface area (Å²) in [6.45, 7) is 11.6. The van der Waals surface area contributed by atoms with Crippen LogP contribution >= 0.6 is 0 Å². The van der Waals surface area contributed by atoms with E-state index in [1.165, 1.54) is 0 Å². The molecule has 6 amide bonds. The van der Waals surface area contributed by atoms with E-state index in [1.807, 2.05) is 0 Å². The molecule has 0 aromatic heterocycles. The topological polar surface area (TPSA) is 257 Å². The fraction of sp³-hybridized carbons (Fsp3) is 0.750. The molecule has 8 N–H and O–H groups in total. The molecule has 0 aliphatic carbocycles. The minimum Gasteiger partial charge on any atom is -0.480 e. The molecular weight excluding hydrogens is 596 g/mol. The summed E-state index contributed by atoms with van der Waals surface area (Å²) < 4.78 is 15.3. The van der Waals surface area contributed by atoms with E-state index in [0.717, 1.165) is 0 Å². The van der Waals surface area contributed by atoms with Gasteiger partial charge in [0.25, 0.3) is 5.91 Å². The first-order chi connectivity index (χ1) is 20.7. The lowest BCUT2D eigenvalue weighted by molar-refractivity contribution is -0.142. The first-order valence-corrected chi connectivity index (χ1v) is 14.8. The van der Waals surface area contributed by atoms with Crippen molar-refractivity contribution in [3.63, 3.8) is 0 Å². The van der Waals surface area contributed by atoms with Gasteiger partial charge in [-0.3, -0.25) is 19.2 Å². The van der Waals surface area contributed by atoms with Crippen molar-refractivity contribution in [1.82, 2.24) is 26.6 Å². The second-order valence-corrected chi connectivity index (χ2v) is 12.5. The van der Waals surface area contributed by atoms with Gasteiger partial charge < -0.3 is 51.6 Å². The number of primary amides is 1. The van der Waals surface area contributed by atoms with Crippen LogP contribution in [0.5, 0.6) is 0 Å². The third-order valence-corrected chi connectivity index (χ3v) is 5.93. The Kier molecular flexibility index (Phi) is 15.0. The summed E-state index contributed by atoms with van der Waals surface area (Å²) in [5.41, 5.74) is 3.55. The summed E-state index contributed by atoms with van der Waals surface area (Å²) in [5.74, 6) is -4.61. The summed E-state index contributed by atoms with van der Waals surface area (Å²) in [6.07, 6.45) is -2.17. The van der Waals surface area contributed by atoms with Crippen molar-refractivity contribution in [3.05, 3.63) is 0 Å². The molecule has 17 heteroatoms. The van der Waals surface area contributed by atoms with Crippen LogP contribution in [-0.2, 0) is 38.2 Å². The number of amides is 6. The predicted octanol–water partition coefficient (Wildman–Crippen LogP) is -0.202. The van der Waals surface area contributed by atoms with Crippen molar-refractivity contribution in [2.75, 3.05) is 13.1 Å². The van der Waals surface area contributed by atoms with E-state index in [1.54, 1.807) is 48.5 Å². The molecule has 0 aromatic rings. The summed E-state index contributed by atoms with van der Waals surface area (Å²) >= 11 is 0. The maximum Gasteiger partial charge on any atom is 0.408 e. The Morgan fingerprint density at radius 2 is 1.29 bits per heavy atom. The monoisotopic (exact) mass is 644 g/mol. The molecule has 0 bridgehead atoms. The highest BCUT2D eigenvalue weighted by atomic mass is 16.6. The van der Waals surface area contributed by atoms with Gasteiger partial charge in [-0.2, -0.15) is 0 Å². The Labute approximate surface area is 262 Å². The van der Waals surface area contributed by atoms with Gasteiger partial charge >= 0.3 is 18.2 Å². The maximum atomic E-state index is 13.3. The normalized spacial score (nSPS) is 17.8. The minimum atomic E-state index is -1.57. The molecule has 1 aliphatic rings. The highest BCUT2D eigenvalue weighted by Crippen LogP contribution is 2.21. The van der Waals surface area contributed by atoms with Gasteiger partial charge in [0.1, 0.15) is 29.3 Å². The molecule has 1 aliphatic heterocycles. The predicted molar refractivity (Wildman–Crippen MR) is 159 cm³/mol. The number of hydrogen-bond acceptors (Lipinski definition) is 10. The van der Waals surface area contributed by atoms with Crippen molar-refractivity contribution in [3.8, 4) is 0 Å². The average Bonchev–Trinajstić information content (AvgIpc) is 3.69.